The predicted molar refractivity (Wildman–Crippen MR) is 62.7 cm³/mol. The van der Waals surface area contributed by atoms with Gasteiger partial charge in [-0.2, -0.15) is 5.10 Å². The highest BCUT2D eigenvalue weighted by atomic mass is 16.6. The van der Waals surface area contributed by atoms with E-state index in [0.29, 0.717) is 6.54 Å². The van der Waals surface area contributed by atoms with Crippen LogP contribution in [0, 0.1) is 10.1 Å². The predicted octanol–water partition coefficient (Wildman–Crippen LogP) is -0.202. The molecular weight excluding hydrogens is 240 g/mol. The van der Waals surface area contributed by atoms with Gasteiger partial charge in [0.05, 0.1) is 11.5 Å². The van der Waals surface area contributed by atoms with Crippen molar-refractivity contribution in [3.63, 3.8) is 0 Å². The highest BCUT2D eigenvalue weighted by Crippen LogP contribution is 2.07. The molecular formula is C10H14N4O4. The summed E-state index contributed by atoms with van der Waals surface area (Å²) in [5.74, 6) is -0.290. The number of hydrogen-bond acceptors (Lipinski definition) is 5. The van der Waals surface area contributed by atoms with Gasteiger partial charge in [-0.05, 0) is 0 Å². The third-order valence-corrected chi connectivity index (χ3v) is 2.20. The summed E-state index contributed by atoms with van der Waals surface area (Å²) in [5, 5.41) is 23.0. The molecule has 1 aromatic heterocycles. The molecule has 0 saturated heterocycles. The van der Waals surface area contributed by atoms with Gasteiger partial charge in [0.1, 0.15) is 18.9 Å². The first kappa shape index (κ1) is 13.8. The van der Waals surface area contributed by atoms with Crippen LogP contribution in [0.4, 0.5) is 5.69 Å². The molecule has 8 heteroatoms. The summed E-state index contributed by atoms with van der Waals surface area (Å²) in [7, 11) is 0. The first-order valence-electron chi connectivity index (χ1n) is 5.25. The van der Waals surface area contributed by atoms with Crippen molar-refractivity contribution in [1.29, 1.82) is 0 Å². The maximum absolute atomic E-state index is 11.8. The van der Waals surface area contributed by atoms with Crippen LogP contribution in [-0.2, 0) is 11.3 Å². The zero-order valence-corrected chi connectivity index (χ0v) is 9.73. The molecule has 1 heterocycles. The van der Waals surface area contributed by atoms with Crippen LogP contribution < -0.4 is 0 Å². The van der Waals surface area contributed by atoms with Gasteiger partial charge in [-0.1, -0.05) is 6.08 Å². The molecule has 0 aromatic carbocycles. The molecule has 0 radical (unpaired) electrons. The Kier molecular flexibility index (Phi) is 5.00. The maximum atomic E-state index is 11.8. The largest absolute Gasteiger partial charge is 0.395 e. The number of aromatic nitrogens is 2. The number of nitro groups is 1. The fraction of sp³-hybridized carbons (Fsp3) is 0.400. The second kappa shape index (κ2) is 6.50. The molecule has 0 bridgehead atoms. The lowest BCUT2D eigenvalue weighted by Gasteiger charge is -2.19. The molecule has 0 atom stereocenters. The van der Waals surface area contributed by atoms with Crippen LogP contribution in [0.15, 0.2) is 25.0 Å². The number of carbonyl (C=O) groups is 1. The fourth-order valence-electron chi connectivity index (χ4n) is 1.37. The van der Waals surface area contributed by atoms with Gasteiger partial charge in [0.15, 0.2) is 0 Å². The zero-order chi connectivity index (χ0) is 13.5. The Morgan fingerprint density at radius 1 is 1.72 bits per heavy atom. The van der Waals surface area contributed by atoms with E-state index in [9.17, 15) is 14.9 Å². The Morgan fingerprint density at radius 2 is 2.44 bits per heavy atom. The van der Waals surface area contributed by atoms with Gasteiger partial charge in [0, 0.05) is 13.1 Å². The third-order valence-electron chi connectivity index (χ3n) is 2.20. The molecule has 1 N–H and O–H groups in total. The zero-order valence-electron chi connectivity index (χ0n) is 9.73. The van der Waals surface area contributed by atoms with Gasteiger partial charge < -0.3 is 10.0 Å². The van der Waals surface area contributed by atoms with E-state index in [-0.39, 0.29) is 31.3 Å². The second-order valence-electron chi connectivity index (χ2n) is 3.51. The standard InChI is InChI=1S/C10H14N4O4/c1-2-3-12(4-5-15)10(16)8-13-7-9(6-11-13)14(17)18/h2,6-7,15H,1,3-5,8H2. The molecule has 98 valence electrons. The quantitative estimate of drug-likeness (QED) is 0.412. The van der Waals surface area contributed by atoms with E-state index in [2.05, 4.69) is 11.7 Å². The van der Waals surface area contributed by atoms with Gasteiger partial charge in [-0.25, -0.2) is 0 Å². The summed E-state index contributed by atoms with van der Waals surface area (Å²) in [6.07, 6.45) is 3.80. The van der Waals surface area contributed by atoms with Gasteiger partial charge in [0.25, 0.3) is 0 Å². The summed E-state index contributed by atoms with van der Waals surface area (Å²) in [5.41, 5.74) is -0.166. The van der Waals surface area contributed by atoms with Crippen molar-refractivity contribution in [2.45, 2.75) is 6.54 Å². The van der Waals surface area contributed by atoms with E-state index in [0.717, 1.165) is 6.20 Å². The Bertz CT molecular complexity index is 443. The highest BCUT2D eigenvalue weighted by molar-refractivity contribution is 5.76. The number of amides is 1. The molecule has 8 nitrogen and oxygen atoms in total. The Morgan fingerprint density at radius 3 is 2.94 bits per heavy atom. The van der Waals surface area contributed by atoms with Crippen molar-refractivity contribution in [1.82, 2.24) is 14.7 Å². The van der Waals surface area contributed by atoms with E-state index in [1.165, 1.54) is 15.8 Å². The Hall–Kier alpha value is -2.22. The lowest BCUT2D eigenvalue weighted by molar-refractivity contribution is -0.385. The molecule has 0 aliphatic carbocycles. The van der Waals surface area contributed by atoms with E-state index in [1.54, 1.807) is 6.08 Å². The van der Waals surface area contributed by atoms with Crippen molar-refractivity contribution < 1.29 is 14.8 Å². The van der Waals surface area contributed by atoms with Gasteiger partial charge in [-0.3, -0.25) is 19.6 Å². The number of carbonyl (C=O) groups excluding carboxylic acids is 1. The van der Waals surface area contributed by atoms with Gasteiger partial charge in [-0.15, -0.1) is 6.58 Å². The molecule has 0 saturated carbocycles. The van der Waals surface area contributed by atoms with Crippen LogP contribution >= 0.6 is 0 Å². The second-order valence-corrected chi connectivity index (χ2v) is 3.51. The SMILES string of the molecule is C=CCN(CCO)C(=O)Cn1cc([N+](=O)[O-])cn1. The van der Waals surface area contributed by atoms with Crippen LogP contribution in [0.5, 0.6) is 0 Å². The van der Waals surface area contributed by atoms with Crippen LogP contribution in [-0.4, -0.2) is 50.3 Å². The van der Waals surface area contributed by atoms with Crippen molar-refractivity contribution in [3.05, 3.63) is 35.2 Å². The molecule has 1 rings (SSSR count). The Balaban J connectivity index is 2.66. The highest BCUT2D eigenvalue weighted by Gasteiger charge is 2.15. The normalized spacial score (nSPS) is 10.1. The van der Waals surface area contributed by atoms with Crippen LogP contribution in [0.1, 0.15) is 0 Å². The maximum Gasteiger partial charge on any atom is 0.307 e. The van der Waals surface area contributed by atoms with Crippen LogP contribution in [0.25, 0.3) is 0 Å². The lowest BCUT2D eigenvalue weighted by atomic mass is 10.4. The number of aliphatic hydroxyl groups is 1. The lowest BCUT2D eigenvalue weighted by Crippen LogP contribution is -2.36. The number of aliphatic hydroxyl groups excluding tert-OH is 1. The van der Waals surface area contributed by atoms with Crippen molar-refractivity contribution in [2.75, 3.05) is 19.7 Å². The molecule has 0 spiro atoms. The molecule has 0 aliphatic rings. The van der Waals surface area contributed by atoms with E-state index >= 15 is 0 Å². The monoisotopic (exact) mass is 254 g/mol. The number of nitrogens with zero attached hydrogens (tertiary/aromatic N) is 4. The van der Waals surface area contributed by atoms with E-state index in [4.69, 9.17) is 5.11 Å². The number of hydrogen-bond donors (Lipinski definition) is 1. The first-order chi connectivity index (χ1) is 8.58. The van der Waals surface area contributed by atoms with E-state index < -0.39 is 4.92 Å². The van der Waals surface area contributed by atoms with Gasteiger partial charge in [0.2, 0.25) is 5.91 Å². The number of rotatable bonds is 7. The third kappa shape index (κ3) is 3.67. The van der Waals surface area contributed by atoms with Crippen LogP contribution in [0.3, 0.4) is 0 Å². The van der Waals surface area contributed by atoms with E-state index in [1.807, 2.05) is 0 Å². The van der Waals surface area contributed by atoms with Crippen molar-refractivity contribution in [3.8, 4) is 0 Å². The van der Waals surface area contributed by atoms with Crippen molar-refractivity contribution >= 4 is 11.6 Å². The fourth-order valence-corrected chi connectivity index (χ4v) is 1.37. The smallest absolute Gasteiger partial charge is 0.307 e. The first-order valence-corrected chi connectivity index (χ1v) is 5.25. The summed E-state index contributed by atoms with van der Waals surface area (Å²) < 4.78 is 1.19. The summed E-state index contributed by atoms with van der Waals surface area (Å²) in [6, 6.07) is 0. The molecule has 0 aliphatic heterocycles. The van der Waals surface area contributed by atoms with Gasteiger partial charge >= 0.3 is 5.69 Å². The Labute approximate surface area is 103 Å². The molecule has 0 fully saturated rings. The minimum Gasteiger partial charge on any atom is -0.395 e. The molecule has 0 unspecified atom stereocenters. The summed E-state index contributed by atoms with van der Waals surface area (Å²) in [4.78, 5) is 23.1. The minimum absolute atomic E-state index is 0.109. The minimum atomic E-state index is -0.580. The molecule has 1 aromatic rings. The average molecular weight is 254 g/mol. The topological polar surface area (TPSA) is 102 Å². The van der Waals surface area contributed by atoms with Crippen molar-refractivity contribution in [2.24, 2.45) is 0 Å². The average Bonchev–Trinajstić information content (AvgIpc) is 2.77. The summed E-state index contributed by atoms with van der Waals surface area (Å²) >= 11 is 0. The molecule has 18 heavy (non-hydrogen) atoms. The van der Waals surface area contributed by atoms with Crippen LogP contribution in [0.2, 0.25) is 0 Å². The summed E-state index contributed by atoms with van der Waals surface area (Å²) in [6.45, 7) is 3.75. The molecule has 1 amide bonds.